The number of hydrogen-bond acceptors (Lipinski definition) is 3. The Hall–Kier alpha value is -2.62. The van der Waals surface area contributed by atoms with Gasteiger partial charge in [0.05, 0.1) is 0 Å². The van der Waals surface area contributed by atoms with Gasteiger partial charge in [-0.25, -0.2) is 0 Å². The highest BCUT2D eigenvalue weighted by Crippen LogP contribution is 2.18. The first-order valence-electron chi connectivity index (χ1n) is 20.9. The van der Waals surface area contributed by atoms with Gasteiger partial charge in [0, 0.05) is 12.8 Å². The van der Waals surface area contributed by atoms with E-state index in [1.165, 1.54) is 64.2 Å². The summed E-state index contributed by atoms with van der Waals surface area (Å²) in [6.07, 6.45) is 57.7. The molecule has 0 aliphatic carbocycles. The van der Waals surface area contributed by atoms with Crippen molar-refractivity contribution in [1.82, 2.24) is 0 Å². The molecule has 0 fully saturated rings. The summed E-state index contributed by atoms with van der Waals surface area (Å²) in [6.45, 7) is 4.41. The minimum Gasteiger partial charge on any atom is -0.481 e. The van der Waals surface area contributed by atoms with Crippen molar-refractivity contribution in [3.63, 3.8) is 0 Å². The standard InChI is InChI=1S/C46H78O4/c1-3-5-7-9-11-13-15-17-19-20-22-24-26-28-30-35-39-43-46(49)50-44(41-37-33-31-34-38-42-45(47)48)40-36-32-29-27-25-23-21-18-16-14-12-10-8-6-4-2/h6,8,11-14,17-19,21,25,27,44H,3-5,7,9-10,15-16,20,22-24,26,28-43H2,1-2H3,(H,47,48)/b8-6-,13-11-,14-12-,19-17-,21-18-,27-25-. The van der Waals surface area contributed by atoms with E-state index in [-0.39, 0.29) is 18.5 Å². The third kappa shape index (κ3) is 39.8. The number of rotatable bonds is 37. The molecule has 0 spiro atoms. The first kappa shape index (κ1) is 47.4. The topological polar surface area (TPSA) is 63.6 Å². The van der Waals surface area contributed by atoms with E-state index in [0.717, 1.165) is 109 Å². The fraction of sp³-hybridized carbons (Fsp3) is 0.696. The quantitative estimate of drug-likeness (QED) is 0.0399. The summed E-state index contributed by atoms with van der Waals surface area (Å²) < 4.78 is 5.99. The van der Waals surface area contributed by atoms with Crippen LogP contribution in [0.3, 0.4) is 0 Å². The molecule has 50 heavy (non-hydrogen) atoms. The van der Waals surface area contributed by atoms with Crippen LogP contribution in [0.1, 0.15) is 200 Å². The Balaban J connectivity index is 4.15. The van der Waals surface area contributed by atoms with Crippen molar-refractivity contribution < 1.29 is 19.4 Å². The van der Waals surface area contributed by atoms with Crippen molar-refractivity contribution in [2.24, 2.45) is 0 Å². The van der Waals surface area contributed by atoms with Crippen LogP contribution in [0.2, 0.25) is 0 Å². The monoisotopic (exact) mass is 695 g/mol. The van der Waals surface area contributed by atoms with E-state index in [1.807, 2.05) is 0 Å². The molecular weight excluding hydrogens is 617 g/mol. The lowest BCUT2D eigenvalue weighted by Crippen LogP contribution is -2.18. The van der Waals surface area contributed by atoms with Crippen LogP contribution in [-0.2, 0) is 14.3 Å². The number of carbonyl (C=O) groups is 2. The van der Waals surface area contributed by atoms with E-state index >= 15 is 0 Å². The molecule has 0 heterocycles. The summed E-state index contributed by atoms with van der Waals surface area (Å²) in [5.41, 5.74) is 0. The maximum Gasteiger partial charge on any atom is 0.306 e. The molecule has 0 radical (unpaired) electrons. The third-order valence-electron chi connectivity index (χ3n) is 8.91. The molecule has 0 saturated heterocycles. The molecule has 0 aromatic rings. The molecule has 0 aliphatic heterocycles. The van der Waals surface area contributed by atoms with Crippen LogP contribution in [0.25, 0.3) is 0 Å². The molecule has 1 unspecified atom stereocenters. The predicted octanol–water partition coefficient (Wildman–Crippen LogP) is 14.7. The summed E-state index contributed by atoms with van der Waals surface area (Å²) >= 11 is 0. The van der Waals surface area contributed by atoms with Crippen molar-refractivity contribution in [1.29, 1.82) is 0 Å². The fourth-order valence-electron chi connectivity index (χ4n) is 5.85. The number of allylic oxidation sites excluding steroid dienone is 12. The highest BCUT2D eigenvalue weighted by Gasteiger charge is 2.14. The second-order valence-electron chi connectivity index (χ2n) is 13.8. The molecule has 1 atom stereocenters. The van der Waals surface area contributed by atoms with Gasteiger partial charge in [-0.3, -0.25) is 9.59 Å². The van der Waals surface area contributed by atoms with Gasteiger partial charge in [-0.2, -0.15) is 0 Å². The second kappa shape index (κ2) is 40.8. The molecule has 4 nitrogen and oxygen atoms in total. The van der Waals surface area contributed by atoms with Gasteiger partial charge in [0.1, 0.15) is 6.10 Å². The molecule has 0 amide bonds. The lowest BCUT2D eigenvalue weighted by atomic mass is 10.0. The van der Waals surface area contributed by atoms with Gasteiger partial charge >= 0.3 is 11.9 Å². The maximum atomic E-state index is 12.7. The molecule has 0 bridgehead atoms. The fourth-order valence-corrected chi connectivity index (χ4v) is 5.85. The van der Waals surface area contributed by atoms with E-state index < -0.39 is 5.97 Å². The van der Waals surface area contributed by atoms with Crippen molar-refractivity contribution in [2.45, 2.75) is 206 Å². The smallest absolute Gasteiger partial charge is 0.306 e. The summed E-state index contributed by atoms with van der Waals surface area (Å²) in [6, 6.07) is 0. The van der Waals surface area contributed by atoms with Crippen molar-refractivity contribution in [3.05, 3.63) is 72.9 Å². The van der Waals surface area contributed by atoms with Gasteiger partial charge in [-0.15, -0.1) is 0 Å². The number of aliphatic carboxylic acids is 1. The van der Waals surface area contributed by atoms with Gasteiger partial charge in [-0.1, -0.05) is 151 Å². The Kier molecular flexibility index (Phi) is 38.7. The first-order valence-corrected chi connectivity index (χ1v) is 20.9. The van der Waals surface area contributed by atoms with E-state index in [1.54, 1.807) is 0 Å². The Morgan fingerprint density at radius 1 is 0.460 bits per heavy atom. The Morgan fingerprint density at radius 3 is 1.34 bits per heavy atom. The number of carboxylic acid groups (broad SMARTS) is 1. The van der Waals surface area contributed by atoms with E-state index in [2.05, 4.69) is 86.8 Å². The van der Waals surface area contributed by atoms with Crippen molar-refractivity contribution in [2.75, 3.05) is 0 Å². The Morgan fingerprint density at radius 2 is 0.840 bits per heavy atom. The number of carboxylic acids is 1. The lowest BCUT2D eigenvalue weighted by molar-refractivity contribution is -0.150. The van der Waals surface area contributed by atoms with E-state index in [4.69, 9.17) is 9.84 Å². The highest BCUT2D eigenvalue weighted by molar-refractivity contribution is 5.69. The van der Waals surface area contributed by atoms with Crippen LogP contribution in [0.15, 0.2) is 72.9 Å². The Labute approximate surface area is 309 Å². The number of esters is 1. The molecule has 0 saturated carbocycles. The summed E-state index contributed by atoms with van der Waals surface area (Å²) in [5, 5.41) is 8.83. The highest BCUT2D eigenvalue weighted by atomic mass is 16.5. The minimum atomic E-state index is -0.710. The number of carbonyl (C=O) groups excluding carboxylic acids is 1. The maximum absolute atomic E-state index is 12.7. The lowest BCUT2D eigenvalue weighted by Gasteiger charge is -2.18. The minimum absolute atomic E-state index is 0.00909. The Bertz CT molecular complexity index is 922. The largest absolute Gasteiger partial charge is 0.481 e. The molecule has 286 valence electrons. The summed E-state index contributed by atoms with van der Waals surface area (Å²) in [7, 11) is 0. The van der Waals surface area contributed by atoms with Crippen LogP contribution in [0.5, 0.6) is 0 Å². The van der Waals surface area contributed by atoms with E-state index in [9.17, 15) is 9.59 Å². The molecular formula is C46H78O4. The van der Waals surface area contributed by atoms with Crippen molar-refractivity contribution in [3.8, 4) is 0 Å². The first-order chi connectivity index (χ1) is 24.6. The number of ether oxygens (including phenoxy) is 1. The van der Waals surface area contributed by atoms with Crippen LogP contribution in [0, 0.1) is 0 Å². The zero-order chi connectivity index (χ0) is 36.4. The van der Waals surface area contributed by atoms with Crippen LogP contribution < -0.4 is 0 Å². The zero-order valence-electron chi connectivity index (χ0n) is 32.7. The molecule has 1 N–H and O–H groups in total. The van der Waals surface area contributed by atoms with Crippen LogP contribution in [0.4, 0.5) is 0 Å². The van der Waals surface area contributed by atoms with Crippen LogP contribution in [-0.4, -0.2) is 23.1 Å². The normalized spacial score (nSPS) is 13.0. The molecule has 0 aromatic heterocycles. The van der Waals surface area contributed by atoms with Gasteiger partial charge in [-0.05, 0) is 109 Å². The average Bonchev–Trinajstić information content (AvgIpc) is 3.10. The molecule has 0 aromatic carbocycles. The van der Waals surface area contributed by atoms with Gasteiger partial charge < -0.3 is 9.84 Å². The summed E-state index contributed by atoms with van der Waals surface area (Å²) in [5.74, 6) is -0.740. The molecule has 0 rings (SSSR count). The second-order valence-corrected chi connectivity index (χ2v) is 13.8. The van der Waals surface area contributed by atoms with E-state index in [0.29, 0.717) is 6.42 Å². The van der Waals surface area contributed by atoms with Gasteiger partial charge in [0.25, 0.3) is 0 Å². The van der Waals surface area contributed by atoms with Crippen LogP contribution >= 0.6 is 0 Å². The van der Waals surface area contributed by atoms with Gasteiger partial charge in [0.2, 0.25) is 0 Å². The zero-order valence-corrected chi connectivity index (χ0v) is 32.7. The average molecular weight is 695 g/mol. The number of hydrogen-bond donors (Lipinski definition) is 1. The molecule has 0 aliphatic rings. The number of unbranched alkanes of at least 4 members (excludes halogenated alkanes) is 16. The van der Waals surface area contributed by atoms with Crippen molar-refractivity contribution >= 4 is 11.9 Å². The third-order valence-corrected chi connectivity index (χ3v) is 8.91. The van der Waals surface area contributed by atoms with Gasteiger partial charge in [0.15, 0.2) is 0 Å². The predicted molar refractivity (Wildman–Crippen MR) is 218 cm³/mol. The molecule has 4 heteroatoms. The SMILES string of the molecule is CC/C=C\C/C=C\C/C=C\C/C=C\CCCCC(CCCCCCCC(=O)O)OC(=O)CCCCCCCCC/C=C\C/C=C\CCCCC. The summed E-state index contributed by atoms with van der Waals surface area (Å²) in [4.78, 5) is 23.4.